The van der Waals surface area contributed by atoms with Crippen LogP contribution in [0.2, 0.25) is 0 Å². The summed E-state index contributed by atoms with van der Waals surface area (Å²) in [6, 6.07) is 5.04. The molecule has 2 saturated heterocycles. The van der Waals surface area contributed by atoms with E-state index < -0.39 is 17.7 Å². The van der Waals surface area contributed by atoms with Gasteiger partial charge in [-0.3, -0.25) is 9.59 Å². The molecule has 0 spiro atoms. The number of hydrogen-bond acceptors (Lipinski definition) is 3. The molecule has 1 unspecified atom stereocenters. The number of rotatable bonds is 3. The topological polar surface area (TPSA) is 52.7 Å². The minimum Gasteiger partial charge on any atom is -0.338 e. The van der Waals surface area contributed by atoms with Gasteiger partial charge in [-0.25, -0.2) is 0 Å². The lowest BCUT2D eigenvalue weighted by Crippen LogP contribution is -2.54. The maximum atomic E-state index is 12.8. The number of nitrogens with one attached hydrogen (secondary N) is 1. The van der Waals surface area contributed by atoms with Crippen LogP contribution in [0, 0.1) is 5.92 Å². The molecule has 5 nitrogen and oxygen atoms in total. The largest absolute Gasteiger partial charge is 0.416 e. The van der Waals surface area contributed by atoms with Gasteiger partial charge in [0.05, 0.1) is 11.5 Å². The summed E-state index contributed by atoms with van der Waals surface area (Å²) in [6.07, 6.45) is -4.30. The number of carbonyl (C=O) groups excluding carboxylic acids is 2. The molecule has 2 aliphatic heterocycles. The summed E-state index contributed by atoms with van der Waals surface area (Å²) in [4.78, 5) is 28.2. The van der Waals surface area contributed by atoms with Gasteiger partial charge < -0.3 is 15.1 Å². The van der Waals surface area contributed by atoms with Gasteiger partial charge in [0, 0.05) is 45.2 Å². The number of piperazine rings is 1. The van der Waals surface area contributed by atoms with Crippen molar-refractivity contribution in [1.82, 2.24) is 15.1 Å². The van der Waals surface area contributed by atoms with E-state index in [0.717, 1.165) is 25.2 Å². The Balaban J connectivity index is 0.00000261. The van der Waals surface area contributed by atoms with Crippen molar-refractivity contribution in [3.8, 4) is 0 Å². The minimum atomic E-state index is -4.41. The Hall–Kier alpha value is -1.80. The van der Waals surface area contributed by atoms with Crippen LogP contribution in [0.25, 0.3) is 0 Å². The van der Waals surface area contributed by atoms with Crippen LogP contribution < -0.4 is 5.32 Å². The Bertz CT molecular complexity index is 699. The third kappa shape index (κ3) is 4.93. The molecule has 0 bridgehead atoms. The van der Waals surface area contributed by atoms with Crippen molar-refractivity contribution in [2.24, 2.45) is 5.92 Å². The number of amides is 2. The first-order valence-corrected chi connectivity index (χ1v) is 8.71. The molecule has 1 aromatic rings. The molecule has 0 saturated carbocycles. The molecule has 1 aromatic carbocycles. The van der Waals surface area contributed by atoms with E-state index in [2.05, 4.69) is 5.32 Å². The van der Waals surface area contributed by atoms with Gasteiger partial charge in [-0.2, -0.15) is 13.2 Å². The molecule has 2 fully saturated rings. The molecule has 2 atom stereocenters. The first kappa shape index (κ1) is 21.5. The highest BCUT2D eigenvalue weighted by molar-refractivity contribution is 5.89. The van der Waals surface area contributed by atoms with Gasteiger partial charge in [0.2, 0.25) is 11.8 Å². The van der Waals surface area contributed by atoms with Crippen molar-refractivity contribution in [1.29, 1.82) is 0 Å². The third-order valence-corrected chi connectivity index (χ3v) is 4.98. The third-order valence-electron chi connectivity index (χ3n) is 4.98. The lowest BCUT2D eigenvalue weighted by Gasteiger charge is -2.35. The fraction of sp³-hybridized carbons (Fsp3) is 0.556. The van der Waals surface area contributed by atoms with E-state index in [1.165, 1.54) is 11.0 Å². The molecular formula is C18H23ClF3N3O2. The van der Waals surface area contributed by atoms with Crippen molar-refractivity contribution in [2.45, 2.75) is 32.1 Å². The van der Waals surface area contributed by atoms with E-state index >= 15 is 0 Å². The zero-order chi connectivity index (χ0) is 18.9. The van der Waals surface area contributed by atoms with Crippen LogP contribution in [0.5, 0.6) is 0 Å². The Kier molecular flexibility index (Phi) is 6.75. The highest BCUT2D eigenvalue weighted by Crippen LogP contribution is 2.30. The van der Waals surface area contributed by atoms with Gasteiger partial charge in [0.15, 0.2) is 0 Å². The van der Waals surface area contributed by atoms with E-state index in [4.69, 9.17) is 0 Å². The van der Waals surface area contributed by atoms with Crippen LogP contribution in [0.3, 0.4) is 0 Å². The summed E-state index contributed by atoms with van der Waals surface area (Å²) < 4.78 is 38.5. The molecule has 0 radical (unpaired) electrons. The molecule has 0 aliphatic carbocycles. The highest BCUT2D eigenvalue weighted by atomic mass is 35.5. The maximum absolute atomic E-state index is 12.8. The molecule has 9 heteroatoms. The van der Waals surface area contributed by atoms with Gasteiger partial charge in [0.25, 0.3) is 0 Å². The van der Waals surface area contributed by atoms with E-state index in [1.54, 1.807) is 11.0 Å². The minimum absolute atomic E-state index is 0. The molecule has 3 rings (SSSR count). The second-order valence-electron chi connectivity index (χ2n) is 6.96. The Morgan fingerprint density at radius 1 is 1.33 bits per heavy atom. The van der Waals surface area contributed by atoms with Gasteiger partial charge in [0.1, 0.15) is 0 Å². The van der Waals surface area contributed by atoms with E-state index in [1.807, 2.05) is 6.92 Å². The summed E-state index contributed by atoms with van der Waals surface area (Å²) in [7, 11) is 0. The lowest BCUT2D eigenvalue weighted by atomic mass is 10.0. The zero-order valence-electron chi connectivity index (χ0n) is 15.0. The second kappa shape index (κ2) is 8.48. The first-order chi connectivity index (χ1) is 12.3. The predicted molar refractivity (Wildman–Crippen MR) is 96.3 cm³/mol. The summed E-state index contributed by atoms with van der Waals surface area (Å²) >= 11 is 0. The summed E-state index contributed by atoms with van der Waals surface area (Å²) in [5, 5.41) is 3.21. The molecule has 1 N–H and O–H groups in total. The van der Waals surface area contributed by atoms with Crippen molar-refractivity contribution in [2.75, 3.05) is 26.2 Å². The van der Waals surface area contributed by atoms with Crippen LogP contribution in [0.1, 0.15) is 24.5 Å². The Labute approximate surface area is 162 Å². The summed E-state index contributed by atoms with van der Waals surface area (Å²) in [5.74, 6) is -0.656. The normalized spacial score (nSPS) is 23.3. The van der Waals surface area contributed by atoms with Crippen molar-refractivity contribution < 1.29 is 22.8 Å². The van der Waals surface area contributed by atoms with Gasteiger partial charge >= 0.3 is 6.18 Å². The summed E-state index contributed by atoms with van der Waals surface area (Å²) in [6.45, 7) is 4.36. The van der Waals surface area contributed by atoms with Gasteiger partial charge in [-0.15, -0.1) is 12.4 Å². The Morgan fingerprint density at radius 3 is 2.74 bits per heavy atom. The number of hydrogen-bond donors (Lipinski definition) is 1. The number of nitrogens with zero attached hydrogens (tertiary/aromatic N) is 2. The van der Waals surface area contributed by atoms with Crippen LogP contribution in [0.4, 0.5) is 13.2 Å². The van der Waals surface area contributed by atoms with Crippen LogP contribution in [-0.4, -0.2) is 53.8 Å². The molecule has 0 aromatic heterocycles. The first-order valence-electron chi connectivity index (χ1n) is 8.71. The van der Waals surface area contributed by atoms with Crippen LogP contribution in [0.15, 0.2) is 24.3 Å². The van der Waals surface area contributed by atoms with Gasteiger partial charge in [-0.1, -0.05) is 12.1 Å². The van der Waals surface area contributed by atoms with Crippen LogP contribution >= 0.6 is 12.4 Å². The average molecular weight is 406 g/mol. The number of halogens is 4. The monoisotopic (exact) mass is 405 g/mol. The molecule has 2 aliphatic rings. The Morgan fingerprint density at radius 2 is 2.07 bits per heavy atom. The molecule has 2 heterocycles. The average Bonchev–Trinajstić information content (AvgIpc) is 2.95. The number of benzene rings is 1. The zero-order valence-corrected chi connectivity index (χ0v) is 15.8. The smallest absolute Gasteiger partial charge is 0.338 e. The number of likely N-dealkylation sites (tertiary alicyclic amines) is 1. The summed E-state index contributed by atoms with van der Waals surface area (Å²) in [5.41, 5.74) is -0.319. The molecule has 150 valence electrons. The fourth-order valence-corrected chi connectivity index (χ4v) is 3.56. The van der Waals surface area contributed by atoms with E-state index in [9.17, 15) is 22.8 Å². The fourth-order valence-electron chi connectivity index (χ4n) is 3.56. The quantitative estimate of drug-likeness (QED) is 0.839. The van der Waals surface area contributed by atoms with Gasteiger partial charge in [-0.05, 0) is 24.6 Å². The SMILES string of the molecule is C[C@H]1CNCCN1C(=O)C1CC(=O)N(Cc2cccc(C(F)(F)F)c2)C1.Cl. The van der Waals surface area contributed by atoms with Crippen molar-refractivity contribution >= 4 is 24.2 Å². The van der Waals surface area contributed by atoms with E-state index in [-0.39, 0.29) is 49.8 Å². The van der Waals surface area contributed by atoms with Crippen molar-refractivity contribution in [3.05, 3.63) is 35.4 Å². The second-order valence-corrected chi connectivity index (χ2v) is 6.96. The standard InChI is InChI=1S/C18H22F3N3O2.ClH/c1-12-9-22-5-6-24(12)17(26)14-8-16(25)23(11-14)10-13-3-2-4-15(7-13)18(19,20)21;/h2-4,7,12,14,22H,5-6,8-11H2,1H3;1H/t12-,14?;/m0./s1. The predicted octanol–water partition coefficient (Wildman–Crippen LogP) is 2.30. The molecule has 27 heavy (non-hydrogen) atoms. The maximum Gasteiger partial charge on any atom is 0.416 e. The highest BCUT2D eigenvalue weighted by Gasteiger charge is 2.38. The number of carbonyl (C=O) groups is 2. The lowest BCUT2D eigenvalue weighted by molar-refractivity contribution is -0.138. The van der Waals surface area contributed by atoms with Crippen molar-refractivity contribution in [3.63, 3.8) is 0 Å². The van der Waals surface area contributed by atoms with Crippen LogP contribution in [-0.2, 0) is 22.3 Å². The molecular weight excluding hydrogens is 383 g/mol. The molecule has 2 amide bonds. The van der Waals surface area contributed by atoms with E-state index in [0.29, 0.717) is 12.1 Å². The number of alkyl halides is 3.